The number of pyridine rings is 1. The van der Waals surface area contributed by atoms with Crippen molar-refractivity contribution in [3.8, 4) is 0 Å². The fourth-order valence-electron chi connectivity index (χ4n) is 1.87. The van der Waals surface area contributed by atoms with Gasteiger partial charge in [-0.1, -0.05) is 0 Å². The van der Waals surface area contributed by atoms with Crippen molar-refractivity contribution in [2.75, 3.05) is 43.1 Å². The highest BCUT2D eigenvalue weighted by Crippen LogP contribution is 2.18. The molecule has 8 heteroatoms. The molecular weight excluding hydrogens is 259 g/mol. The molecule has 1 aromatic rings. The Morgan fingerprint density at radius 3 is 2.39 bits per heavy atom. The molecule has 2 N–H and O–H groups in total. The van der Waals surface area contributed by atoms with Crippen molar-refractivity contribution >= 4 is 21.7 Å². The van der Waals surface area contributed by atoms with Crippen LogP contribution in [-0.2, 0) is 10.0 Å². The summed E-state index contributed by atoms with van der Waals surface area (Å²) in [5.74, 6) is -0.117. The summed E-state index contributed by atoms with van der Waals surface area (Å²) in [6.07, 6.45) is 1.19. The van der Waals surface area contributed by atoms with Crippen LogP contribution in [0.5, 0.6) is 0 Å². The van der Waals surface area contributed by atoms with E-state index in [1.165, 1.54) is 16.6 Å². The summed E-state index contributed by atoms with van der Waals surface area (Å²) >= 11 is 0. The molecule has 1 saturated heterocycles. The van der Waals surface area contributed by atoms with Gasteiger partial charge in [-0.05, 0) is 12.1 Å². The summed E-state index contributed by atoms with van der Waals surface area (Å²) in [6, 6.07) is 2.81. The van der Waals surface area contributed by atoms with Gasteiger partial charge >= 0.3 is 0 Å². The van der Waals surface area contributed by atoms with E-state index in [1.807, 2.05) is 4.90 Å². The predicted octanol–water partition coefficient (Wildman–Crippen LogP) is -0.115. The third kappa shape index (κ3) is 2.70. The molecule has 1 aliphatic rings. The maximum Gasteiger partial charge on any atom is 0.211 e. The van der Waals surface area contributed by atoms with E-state index < -0.39 is 15.8 Å². The first-order valence-corrected chi connectivity index (χ1v) is 7.35. The zero-order valence-corrected chi connectivity index (χ0v) is 10.8. The number of anilines is 2. The van der Waals surface area contributed by atoms with Crippen LogP contribution < -0.4 is 10.6 Å². The quantitative estimate of drug-likeness (QED) is 0.813. The van der Waals surface area contributed by atoms with Crippen molar-refractivity contribution in [2.24, 2.45) is 0 Å². The van der Waals surface area contributed by atoms with E-state index in [1.54, 1.807) is 6.07 Å². The number of sulfonamides is 1. The number of hydrogen-bond donors (Lipinski definition) is 1. The van der Waals surface area contributed by atoms with Crippen LogP contribution in [0.4, 0.5) is 16.0 Å². The minimum absolute atomic E-state index is 0.141. The van der Waals surface area contributed by atoms with Gasteiger partial charge in [0.25, 0.3) is 0 Å². The SMILES string of the molecule is CS(=O)(=O)N1CCN(c2ccc(F)c(N)n2)CC1. The molecule has 0 saturated carbocycles. The number of nitrogens with zero attached hydrogens (tertiary/aromatic N) is 3. The second-order valence-electron chi connectivity index (χ2n) is 4.19. The number of hydrogen-bond acceptors (Lipinski definition) is 5. The summed E-state index contributed by atoms with van der Waals surface area (Å²) in [4.78, 5) is 5.83. The molecule has 2 heterocycles. The monoisotopic (exact) mass is 274 g/mol. The van der Waals surface area contributed by atoms with Gasteiger partial charge in [-0.2, -0.15) is 4.31 Å². The van der Waals surface area contributed by atoms with Gasteiger partial charge in [-0.25, -0.2) is 17.8 Å². The first kappa shape index (κ1) is 13.0. The molecule has 0 radical (unpaired) electrons. The van der Waals surface area contributed by atoms with Gasteiger partial charge in [0.2, 0.25) is 10.0 Å². The van der Waals surface area contributed by atoms with Crippen LogP contribution in [0.2, 0.25) is 0 Å². The van der Waals surface area contributed by atoms with Crippen LogP contribution in [0.3, 0.4) is 0 Å². The van der Waals surface area contributed by atoms with Crippen molar-refractivity contribution in [1.29, 1.82) is 0 Å². The number of nitrogen functional groups attached to an aromatic ring is 1. The minimum Gasteiger partial charge on any atom is -0.381 e. The van der Waals surface area contributed by atoms with Gasteiger partial charge in [0.15, 0.2) is 11.6 Å². The summed E-state index contributed by atoms with van der Waals surface area (Å²) in [7, 11) is -3.14. The molecular formula is C10H15FN4O2S. The number of halogens is 1. The highest BCUT2D eigenvalue weighted by Gasteiger charge is 2.24. The Balaban J connectivity index is 2.08. The zero-order valence-electron chi connectivity index (χ0n) is 10.0. The van der Waals surface area contributed by atoms with Crippen molar-refractivity contribution in [1.82, 2.24) is 9.29 Å². The zero-order chi connectivity index (χ0) is 13.3. The van der Waals surface area contributed by atoms with Crippen molar-refractivity contribution in [2.45, 2.75) is 0 Å². The smallest absolute Gasteiger partial charge is 0.211 e. The predicted molar refractivity (Wildman–Crippen MR) is 67.2 cm³/mol. The molecule has 0 aromatic carbocycles. The fraction of sp³-hybridized carbons (Fsp3) is 0.500. The Labute approximate surface area is 105 Å². The molecule has 0 bridgehead atoms. The lowest BCUT2D eigenvalue weighted by molar-refractivity contribution is 0.387. The van der Waals surface area contributed by atoms with E-state index in [0.29, 0.717) is 32.0 Å². The minimum atomic E-state index is -3.14. The fourth-order valence-corrected chi connectivity index (χ4v) is 2.70. The Morgan fingerprint density at radius 1 is 1.28 bits per heavy atom. The maximum absolute atomic E-state index is 13.0. The third-order valence-corrected chi connectivity index (χ3v) is 4.19. The molecule has 6 nitrogen and oxygen atoms in total. The summed E-state index contributed by atoms with van der Waals surface area (Å²) in [5.41, 5.74) is 5.40. The van der Waals surface area contributed by atoms with Crippen LogP contribution >= 0.6 is 0 Å². The van der Waals surface area contributed by atoms with Crippen molar-refractivity contribution in [3.05, 3.63) is 17.9 Å². The van der Waals surface area contributed by atoms with Gasteiger partial charge in [0.1, 0.15) is 5.82 Å². The van der Waals surface area contributed by atoms with E-state index in [2.05, 4.69) is 4.98 Å². The average Bonchev–Trinajstić information content (AvgIpc) is 2.32. The first-order valence-electron chi connectivity index (χ1n) is 5.50. The van der Waals surface area contributed by atoms with E-state index in [0.717, 1.165) is 0 Å². The number of rotatable bonds is 2. The van der Waals surface area contributed by atoms with Gasteiger partial charge in [0.05, 0.1) is 6.26 Å². The molecule has 0 unspecified atom stereocenters. The van der Waals surface area contributed by atoms with Crippen LogP contribution in [0.1, 0.15) is 0 Å². The Morgan fingerprint density at radius 2 is 1.89 bits per heavy atom. The van der Waals surface area contributed by atoms with Gasteiger partial charge in [-0.3, -0.25) is 0 Å². The van der Waals surface area contributed by atoms with Crippen LogP contribution in [0.15, 0.2) is 12.1 Å². The van der Waals surface area contributed by atoms with Gasteiger partial charge in [-0.15, -0.1) is 0 Å². The lowest BCUT2D eigenvalue weighted by atomic mass is 10.3. The summed E-state index contributed by atoms with van der Waals surface area (Å²) < 4.78 is 37.1. The molecule has 1 aromatic heterocycles. The van der Waals surface area contributed by atoms with Crippen molar-refractivity contribution in [3.63, 3.8) is 0 Å². The highest BCUT2D eigenvalue weighted by molar-refractivity contribution is 7.88. The molecule has 0 aliphatic carbocycles. The maximum atomic E-state index is 13.0. The number of piperazine rings is 1. The molecule has 0 spiro atoms. The second-order valence-corrected chi connectivity index (χ2v) is 6.17. The van der Waals surface area contributed by atoms with Gasteiger partial charge in [0, 0.05) is 26.2 Å². The standard InChI is InChI=1S/C10H15FN4O2S/c1-18(16,17)15-6-4-14(5-7-15)9-3-2-8(11)10(12)13-9/h2-3H,4-7H2,1H3,(H2,12,13). The molecule has 100 valence electrons. The van der Waals surface area contributed by atoms with E-state index >= 15 is 0 Å². The lowest BCUT2D eigenvalue weighted by Crippen LogP contribution is -2.48. The molecule has 18 heavy (non-hydrogen) atoms. The third-order valence-electron chi connectivity index (χ3n) is 2.89. The van der Waals surface area contributed by atoms with Crippen LogP contribution in [0.25, 0.3) is 0 Å². The molecule has 2 rings (SSSR count). The van der Waals surface area contributed by atoms with E-state index in [-0.39, 0.29) is 5.82 Å². The molecule has 1 aliphatic heterocycles. The topological polar surface area (TPSA) is 79.5 Å². The summed E-state index contributed by atoms with van der Waals surface area (Å²) in [6.45, 7) is 1.84. The normalized spacial score (nSPS) is 18.0. The number of nitrogens with two attached hydrogens (primary N) is 1. The lowest BCUT2D eigenvalue weighted by Gasteiger charge is -2.34. The Bertz CT molecular complexity index is 541. The second kappa shape index (κ2) is 4.69. The van der Waals surface area contributed by atoms with E-state index in [9.17, 15) is 12.8 Å². The highest BCUT2D eigenvalue weighted by atomic mass is 32.2. The van der Waals surface area contributed by atoms with Crippen LogP contribution in [0, 0.1) is 5.82 Å². The number of aromatic nitrogens is 1. The first-order chi connectivity index (χ1) is 8.38. The molecule has 1 fully saturated rings. The Kier molecular flexibility index (Phi) is 3.40. The largest absolute Gasteiger partial charge is 0.381 e. The van der Waals surface area contributed by atoms with E-state index in [4.69, 9.17) is 5.73 Å². The van der Waals surface area contributed by atoms with Gasteiger partial charge < -0.3 is 10.6 Å². The molecule has 0 amide bonds. The van der Waals surface area contributed by atoms with Crippen LogP contribution in [-0.4, -0.2) is 50.1 Å². The van der Waals surface area contributed by atoms with Crippen molar-refractivity contribution < 1.29 is 12.8 Å². The summed E-state index contributed by atoms with van der Waals surface area (Å²) in [5, 5.41) is 0. The average molecular weight is 274 g/mol. The molecule has 0 atom stereocenters. The Hall–Kier alpha value is -1.41.